The highest BCUT2D eigenvalue weighted by Crippen LogP contribution is 2.33. The maximum Gasteiger partial charge on any atom is 0.433 e. The third kappa shape index (κ3) is 4.70. The van der Waals surface area contributed by atoms with Crippen molar-refractivity contribution < 1.29 is 18.0 Å². The summed E-state index contributed by atoms with van der Waals surface area (Å²) in [6.07, 6.45) is -2.77. The molecule has 0 fully saturated rings. The summed E-state index contributed by atoms with van der Waals surface area (Å²) >= 11 is 0. The van der Waals surface area contributed by atoms with Crippen LogP contribution in [-0.4, -0.2) is 20.5 Å². The number of amides is 1. The van der Waals surface area contributed by atoms with Crippen molar-refractivity contribution in [2.24, 2.45) is 0 Å². The minimum Gasteiger partial charge on any atom is -0.322 e. The number of fused-ring (bicyclic) bond motifs is 1. The first-order valence-electron chi connectivity index (χ1n) is 10.1. The molecule has 2 aromatic carbocycles. The maximum atomic E-state index is 13.8. The molecule has 0 aliphatic heterocycles. The van der Waals surface area contributed by atoms with Gasteiger partial charge in [-0.1, -0.05) is 42.0 Å². The number of halogens is 3. The Hall–Kier alpha value is -4.19. The number of nitrogens with one attached hydrogen (secondary N) is 1. The molecule has 0 aliphatic carbocycles. The van der Waals surface area contributed by atoms with Gasteiger partial charge in [0.2, 0.25) is 0 Å². The fraction of sp³-hybridized carbons (Fsp3) is 0.167. The Bertz CT molecular complexity index is 1370. The zero-order valence-corrected chi connectivity index (χ0v) is 17.5. The molecule has 166 valence electrons. The van der Waals surface area contributed by atoms with Gasteiger partial charge in [0, 0.05) is 17.7 Å². The molecule has 0 bridgehead atoms. The van der Waals surface area contributed by atoms with Gasteiger partial charge in [-0.05, 0) is 37.1 Å². The molecule has 2 aromatic heterocycles. The molecule has 2 heterocycles. The van der Waals surface area contributed by atoms with Gasteiger partial charge in [0.25, 0.3) is 5.91 Å². The second-order valence-electron chi connectivity index (χ2n) is 7.50. The van der Waals surface area contributed by atoms with E-state index in [1.807, 2.05) is 13.0 Å². The number of nitriles is 1. The first-order chi connectivity index (χ1) is 15.8. The van der Waals surface area contributed by atoms with Gasteiger partial charge in [-0.25, -0.2) is 9.50 Å². The van der Waals surface area contributed by atoms with Crippen LogP contribution in [0.4, 0.5) is 18.9 Å². The zero-order valence-electron chi connectivity index (χ0n) is 17.5. The normalized spacial score (nSPS) is 11.4. The lowest BCUT2D eigenvalue weighted by atomic mass is 10.1. The van der Waals surface area contributed by atoms with Crippen LogP contribution < -0.4 is 5.32 Å². The van der Waals surface area contributed by atoms with Crippen LogP contribution in [-0.2, 0) is 12.6 Å². The van der Waals surface area contributed by atoms with Crippen LogP contribution >= 0.6 is 0 Å². The van der Waals surface area contributed by atoms with Crippen LogP contribution in [0.1, 0.15) is 33.6 Å². The second-order valence-corrected chi connectivity index (χ2v) is 7.50. The molecule has 0 unspecified atom stereocenters. The lowest BCUT2D eigenvalue weighted by Gasteiger charge is -2.12. The predicted molar refractivity (Wildman–Crippen MR) is 116 cm³/mol. The lowest BCUT2D eigenvalue weighted by Crippen LogP contribution is -2.16. The highest BCUT2D eigenvalue weighted by atomic mass is 19.4. The number of hydrogen-bond donors (Lipinski definition) is 1. The molecular weight excluding hydrogens is 431 g/mol. The van der Waals surface area contributed by atoms with Crippen LogP contribution in [0.3, 0.4) is 0 Å². The fourth-order valence-corrected chi connectivity index (χ4v) is 3.40. The Labute approximate surface area is 187 Å². The van der Waals surface area contributed by atoms with E-state index in [-0.39, 0.29) is 16.9 Å². The molecular formula is C24H18F3N5O. The van der Waals surface area contributed by atoms with E-state index >= 15 is 0 Å². The van der Waals surface area contributed by atoms with Gasteiger partial charge in [-0.15, -0.1) is 0 Å². The van der Waals surface area contributed by atoms with E-state index in [9.17, 15) is 18.0 Å². The summed E-state index contributed by atoms with van der Waals surface area (Å²) in [7, 11) is 0. The number of hydrogen-bond acceptors (Lipinski definition) is 4. The Morgan fingerprint density at radius 3 is 2.61 bits per heavy atom. The van der Waals surface area contributed by atoms with Crippen LogP contribution in [0.5, 0.6) is 0 Å². The Morgan fingerprint density at radius 1 is 1.15 bits per heavy atom. The van der Waals surface area contributed by atoms with Gasteiger partial charge in [0.15, 0.2) is 11.3 Å². The number of anilines is 1. The summed E-state index contributed by atoms with van der Waals surface area (Å²) in [5.74, 6) is -0.635. The Morgan fingerprint density at radius 2 is 1.91 bits per heavy atom. The summed E-state index contributed by atoms with van der Waals surface area (Å²) in [6, 6.07) is 16.8. The monoisotopic (exact) mass is 449 g/mol. The van der Waals surface area contributed by atoms with Gasteiger partial charge >= 0.3 is 6.18 Å². The number of carbonyl (C=O) groups excluding carboxylic acids is 1. The number of nitrogens with zero attached hydrogens (tertiary/aromatic N) is 4. The van der Waals surface area contributed by atoms with Gasteiger partial charge in [-0.2, -0.15) is 23.5 Å². The first kappa shape index (κ1) is 22.0. The average Bonchev–Trinajstić information content (AvgIpc) is 3.21. The highest BCUT2D eigenvalue weighted by Gasteiger charge is 2.36. The van der Waals surface area contributed by atoms with Gasteiger partial charge in [-0.3, -0.25) is 4.79 Å². The zero-order chi connectivity index (χ0) is 23.6. The van der Waals surface area contributed by atoms with Crippen molar-refractivity contribution in [2.45, 2.75) is 25.9 Å². The molecule has 4 aromatic rings. The van der Waals surface area contributed by atoms with E-state index in [0.717, 1.165) is 23.4 Å². The fourth-order valence-electron chi connectivity index (χ4n) is 3.40. The molecule has 0 saturated heterocycles. The van der Waals surface area contributed by atoms with E-state index in [2.05, 4.69) is 21.5 Å². The molecule has 4 rings (SSSR count). The molecule has 1 amide bonds. The van der Waals surface area contributed by atoms with Crippen molar-refractivity contribution in [2.75, 3.05) is 5.32 Å². The van der Waals surface area contributed by atoms with E-state index in [1.165, 1.54) is 0 Å². The van der Waals surface area contributed by atoms with Crippen molar-refractivity contribution in [1.29, 1.82) is 5.26 Å². The van der Waals surface area contributed by atoms with E-state index < -0.39 is 17.8 Å². The molecule has 6 nitrogen and oxygen atoms in total. The van der Waals surface area contributed by atoms with Gasteiger partial charge in [0.1, 0.15) is 5.56 Å². The number of carbonyl (C=O) groups is 1. The number of aromatic nitrogens is 3. The topological polar surface area (TPSA) is 83.1 Å². The third-order valence-corrected chi connectivity index (χ3v) is 5.06. The van der Waals surface area contributed by atoms with Gasteiger partial charge in [0.05, 0.1) is 18.0 Å². The van der Waals surface area contributed by atoms with E-state index in [1.54, 1.807) is 42.5 Å². The lowest BCUT2D eigenvalue weighted by molar-refractivity contribution is -0.142. The minimum atomic E-state index is -4.70. The number of aryl methyl sites for hydroxylation is 2. The SMILES string of the molecule is Cc1ccc(-c2cc(C(F)(F)F)n3ncc(C(=O)Nc4cccc(CCC#N)c4)c3n2)cc1. The molecule has 9 heteroatoms. The van der Waals surface area contributed by atoms with Crippen LogP contribution in [0.2, 0.25) is 0 Å². The molecule has 33 heavy (non-hydrogen) atoms. The minimum absolute atomic E-state index is 0.0860. The highest BCUT2D eigenvalue weighted by molar-refractivity contribution is 6.08. The van der Waals surface area contributed by atoms with E-state index in [0.29, 0.717) is 28.6 Å². The van der Waals surface area contributed by atoms with Gasteiger partial charge < -0.3 is 5.32 Å². The summed E-state index contributed by atoms with van der Waals surface area (Å²) in [4.78, 5) is 17.3. The quantitative estimate of drug-likeness (QED) is 0.440. The summed E-state index contributed by atoms with van der Waals surface area (Å²) in [5.41, 5.74) is 1.54. The number of rotatable bonds is 5. The summed E-state index contributed by atoms with van der Waals surface area (Å²) < 4.78 is 41.9. The average molecular weight is 449 g/mol. The van der Waals surface area contributed by atoms with Crippen molar-refractivity contribution in [3.63, 3.8) is 0 Å². The van der Waals surface area contributed by atoms with Crippen LogP contribution in [0.15, 0.2) is 60.8 Å². The molecule has 0 saturated carbocycles. The Balaban J connectivity index is 1.75. The van der Waals surface area contributed by atoms with Crippen LogP contribution in [0, 0.1) is 18.3 Å². The summed E-state index contributed by atoms with van der Waals surface area (Å²) in [5, 5.41) is 15.2. The summed E-state index contributed by atoms with van der Waals surface area (Å²) in [6.45, 7) is 1.87. The molecule has 0 radical (unpaired) electrons. The Kier molecular flexibility index (Phi) is 5.84. The van der Waals surface area contributed by atoms with Crippen molar-refractivity contribution in [1.82, 2.24) is 14.6 Å². The maximum absolute atomic E-state index is 13.8. The standard InChI is InChI=1S/C24H18F3N5O/c1-15-7-9-17(10-8-15)20-13-21(24(25,26)27)32-22(31-20)19(14-29-32)23(33)30-18-6-2-4-16(12-18)5-3-11-28/h2,4,6-10,12-14H,3,5H2,1H3,(H,30,33). The largest absolute Gasteiger partial charge is 0.433 e. The molecule has 0 aliphatic rings. The van der Waals surface area contributed by atoms with E-state index in [4.69, 9.17) is 5.26 Å². The molecule has 0 spiro atoms. The van der Waals surface area contributed by atoms with Crippen LogP contribution in [0.25, 0.3) is 16.9 Å². The molecule has 1 N–H and O–H groups in total. The first-order valence-corrected chi connectivity index (χ1v) is 10.1. The smallest absolute Gasteiger partial charge is 0.322 e. The van der Waals surface area contributed by atoms with Crippen molar-refractivity contribution in [3.05, 3.63) is 83.2 Å². The second kappa shape index (κ2) is 8.74. The molecule has 0 atom stereocenters. The van der Waals surface area contributed by atoms with Crippen molar-refractivity contribution >= 4 is 17.2 Å². The number of alkyl halides is 3. The number of benzene rings is 2. The van der Waals surface area contributed by atoms with Crippen molar-refractivity contribution in [3.8, 4) is 17.3 Å². The predicted octanol–water partition coefficient (Wildman–Crippen LogP) is 5.43. The third-order valence-electron chi connectivity index (χ3n) is 5.06.